The number of nitrogens with two attached hydrogens (primary N) is 1. The Morgan fingerprint density at radius 3 is 2.52 bits per heavy atom. The summed E-state index contributed by atoms with van der Waals surface area (Å²) in [5, 5.41) is 3.08. The minimum absolute atomic E-state index is 0.121. The lowest BCUT2D eigenvalue weighted by Gasteiger charge is -2.32. The van der Waals surface area contributed by atoms with E-state index in [2.05, 4.69) is 25.2 Å². The van der Waals surface area contributed by atoms with E-state index < -0.39 is 0 Å². The van der Waals surface area contributed by atoms with Gasteiger partial charge in [0.05, 0.1) is 11.3 Å². The molecule has 0 atom stereocenters. The van der Waals surface area contributed by atoms with Crippen molar-refractivity contribution in [3.63, 3.8) is 0 Å². The lowest BCUT2D eigenvalue weighted by atomic mass is 10.0. The van der Waals surface area contributed by atoms with Gasteiger partial charge in [-0.3, -0.25) is 14.7 Å². The molecule has 0 aliphatic carbocycles. The van der Waals surface area contributed by atoms with Gasteiger partial charge in [-0.15, -0.1) is 0 Å². The number of nitrogen functional groups attached to an aromatic ring is 1. The topological polar surface area (TPSA) is 97.0 Å². The van der Waals surface area contributed by atoms with Crippen molar-refractivity contribution in [2.24, 2.45) is 0 Å². The Morgan fingerprint density at radius 1 is 1.07 bits per heavy atom. The molecular formula is C22H24N6O. The minimum atomic E-state index is -0.217. The number of anilines is 1. The van der Waals surface area contributed by atoms with Crippen molar-refractivity contribution in [3.8, 4) is 11.4 Å². The van der Waals surface area contributed by atoms with Crippen LogP contribution in [-0.4, -0.2) is 44.9 Å². The molecule has 0 saturated carbocycles. The number of carbonyl (C=O) groups is 1. The molecule has 2 aromatic heterocycles. The lowest BCUT2D eigenvalue weighted by Crippen LogP contribution is -2.44. The summed E-state index contributed by atoms with van der Waals surface area (Å²) in [6.07, 6.45) is 5.11. The zero-order valence-corrected chi connectivity index (χ0v) is 16.2. The Kier molecular flexibility index (Phi) is 5.76. The second-order valence-corrected chi connectivity index (χ2v) is 7.20. The summed E-state index contributed by atoms with van der Waals surface area (Å²) in [5.74, 6) is 0.497. The van der Waals surface area contributed by atoms with Gasteiger partial charge in [0.2, 0.25) is 0 Å². The molecule has 3 aromatic rings. The van der Waals surface area contributed by atoms with E-state index in [9.17, 15) is 4.79 Å². The fourth-order valence-electron chi connectivity index (χ4n) is 3.52. The first-order valence-corrected chi connectivity index (χ1v) is 9.80. The molecule has 1 fully saturated rings. The van der Waals surface area contributed by atoms with Gasteiger partial charge in [0.1, 0.15) is 5.82 Å². The summed E-state index contributed by atoms with van der Waals surface area (Å²) in [5.41, 5.74) is 8.30. The van der Waals surface area contributed by atoms with Gasteiger partial charge in [-0.1, -0.05) is 36.4 Å². The third-order valence-corrected chi connectivity index (χ3v) is 5.13. The van der Waals surface area contributed by atoms with Gasteiger partial charge in [-0.25, -0.2) is 9.97 Å². The van der Waals surface area contributed by atoms with Crippen LogP contribution in [0.3, 0.4) is 0 Å². The molecule has 0 radical (unpaired) electrons. The molecule has 3 N–H and O–H groups in total. The molecule has 0 unspecified atom stereocenters. The number of nitrogens with one attached hydrogen (secondary N) is 1. The van der Waals surface area contributed by atoms with Crippen molar-refractivity contribution in [2.45, 2.75) is 25.4 Å². The van der Waals surface area contributed by atoms with Gasteiger partial charge < -0.3 is 11.1 Å². The van der Waals surface area contributed by atoms with E-state index in [0.29, 0.717) is 11.4 Å². The maximum Gasteiger partial charge on any atom is 0.256 e. The predicted octanol–water partition coefficient (Wildman–Crippen LogP) is 2.52. The smallest absolute Gasteiger partial charge is 0.256 e. The van der Waals surface area contributed by atoms with E-state index in [-0.39, 0.29) is 17.8 Å². The lowest BCUT2D eigenvalue weighted by molar-refractivity contribution is 0.0909. The van der Waals surface area contributed by atoms with Gasteiger partial charge in [-0.05, 0) is 25.0 Å². The molecule has 0 spiro atoms. The first-order valence-electron chi connectivity index (χ1n) is 9.80. The van der Waals surface area contributed by atoms with Gasteiger partial charge >= 0.3 is 0 Å². The normalized spacial score (nSPS) is 15.2. The Hall–Kier alpha value is -3.32. The highest BCUT2D eigenvalue weighted by Gasteiger charge is 2.23. The fraction of sp³-hybridized carbons (Fsp3) is 0.273. The van der Waals surface area contributed by atoms with Gasteiger partial charge in [0.25, 0.3) is 5.91 Å². The molecule has 1 aliphatic heterocycles. The summed E-state index contributed by atoms with van der Waals surface area (Å²) >= 11 is 0. The van der Waals surface area contributed by atoms with Crippen LogP contribution in [0.25, 0.3) is 11.4 Å². The van der Waals surface area contributed by atoms with Gasteiger partial charge in [0.15, 0.2) is 5.82 Å². The molecule has 1 aromatic carbocycles. The summed E-state index contributed by atoms with van der Waals surface area (Å²) in [6, 6.07) is 15.7. The highest BCUT2D eigenvalue weighted by molar-refractivity contribution is 5.98. The number of hydrogen-bond acceptors (Lipinski definition) is 6. The van der Waals surface area contributed by atoms with Gasteiger partial charge in [0, 0.05) is 43.6 Å². The first-order chi connectivity index (χ1) is 14.2. The van der Waals surface area contributed by atoms with Crippen molar-refractivity contribution >= 4 is 11.7 Å². The molecule has 3 heterocycles. The zero-order chi connectivity index (χ0) is 20.1. The highest BCUT2D eigenvalue weighted by atomic mass is 16.1. The van der Waals surface area contributed by atoms with E-state index in [1.165, 1.54) is 6.20 Å². The average molecular weight is 388 g/mol. The van der Waals surface area contributed by atoms with E-state index in [1.54, 1.807) is 0 Å². The number of benzene rings is 1. The molecule has 1 amide bonds. The number of amides is 1. The number of hydrogen-bond donors (Lipinski definition) is 2. The van der Waals surface area contributed by atoms with Crippen molar-refractivity contribution < 1.29 is 4.79 Å². The second-order valence-electron chi connectivity index (χ2n) is 7.20. The number of likely N-dealkylation sites (tertiary alicyclic amines) is 1. The number of nitrogens with zero attached hydrogens (tertiary/aromatic N) is 4. The van der Waals surface area contributed by atoms with Crippen LogP contribution < -0.4 is 11.1 Å². The number of rotatable bonds is 5. The SMILES string of the molecule is Nc1nc(-c2ccccc2)ncc1C(=O)NC1CCN(Cc2ccccn2)CC1. The van der Waals surface area contributed by atoms with Crippen LogP contribution in [0.4, 0.5) is 5.82 Å². The largest absolute Gasteiger partial charge is 0.383 e. The zero-order valence-electron chi connectivity index (χ0n) is 16.2. The Balaban J connectivity index is 1.33. The molecular weight excluding hydrogens is 364 g/mol. The van der Waals surface area contributed by atoms with E-state index in [4.69, 9.17) is 5.73 Å². The van der Waals surface area contributed by atoms with Crippen molar-refractivity contribution in [2.75, 3.05) is 18.8 Å². The van der Waals surface area contributed by atoms with Gasteiger partial charge in [-0.2, -0.15) is 0 Å². The van der Waals surface area contributed by atoms with Crippen molar-refractivity contribution in [3.05, 3.63) is 72.2 Å². The second kappa shape index (κ2) is 8.79. The van der Waals surface area contributed by atoms with E-state index in [1.807, 2.05) is 54.7 Å². The predicted molar refractivity (Wildman–Crippen MR) is 112 cm³/mol. The number of pyridine rings is 1. The average Bonchev–Trinajstić information content (AvgIpc) is 2.76. The van der Waals surface area contributed by atoms with Crippen LogP contribution in [0.5, 0.6) is 0 Å². The van der Waals surface area contributed by atoms with E-state index in [0.717, 1.165) is 43.7 Å². The molecule has 29 heavy (non-hydrogen) atoms. The quantitative estimate of drug-likeness (QED) is 0.697. The van der Waals surface area contributed by atoms with Crippen LogP contribution >= 0.6 is 0 Å². The molecule has 7 nitrogen and oxygen atoms in total. The third-order valence-electron chi connectivity index (χ3n) is 5.13. The summed E-state index contributed by atoms with van der Waals surface area (Å²) in [7, 11) is 0. The Morgan fingerprint density at radius 2 is 1.83 bits per heavy atom. The van der Waals surface area contributed by atoms with Crippen molar-refractivity contribution in [1.82, 2.24) is 25.2 Å². The maximum atomic E-state index is 12.7. The molecule has 7 heteroatoms. The monoisotopic (exact) mass is 388 g/mol. The standard InChI is InChI=1S/C22H24N6O/c23-20-19(14-25-21(27-20)16-6-2-1-3-7-16)22(29)26-17-9-12-28(13-10-17)15-18-8-4-5-11-24-18/h1-8,11,14,17H,9-10,12-13,15H2,(H,26,29)(H2,23,25,27). The molecule has 1 aliphatic rings. The number of aromatic nitrogens is 3. The summed E-state index contributed by atoms with van der Waals surface area (Å²) < 4.78 is 0. The number of carbonyl (C=O) groups excluding carboxylic acids is 1. The van der Waals surface area contributed by atoms with Crippen LogP contribution in [0.1, 0.15) is 28.9 Å². The minimum Gasteiger partial charge on any atom is -0.383 e. The van der Waals surface area contributed by atoms with Crippen LogP contribution in [-0.2, 0) is 6.54 Å². The molecule has 4 rings (SSSR count). The molecule has 0 bridgehead atoms. The number of piperidine rings is 1. The third kappa shape index (κ3) is 4.75. The first kappa shape index (κ1) is 19.0. The van der Waals surface area contributed by atoms with Crippen LogP contribution in [0, 0.1) is 0 Å². The summed E-state index contributed by atoms with van der Waals surface area (Å²) in [4.78, 5) is 28.0. The van der Waals surface area contributed by atoms with Crippen LogP contribution in [0.2, 0.25) is 0 Å². The van der Waals surface area contributed by atoms with Crippen molar-refractivity contribution in [1.29, 1.82) is 0 Å². The van der Waals surface area contributed by atoms with Crippen LogP contribution in [0.15, 0.2) is 60.9 Å². The maximum absolute atomic E-state index is 12.7. The van der Waals surface area contributed by atoms with E-state index >= 15 is 0 Å². The summed E-state index contributed by atoms with van der Waals surface area (Å²) in [6.45, 7) is 2.67. The Labute approximate surface area is 170 Å². The fourth-order valence-corrected chi connectivity index (χ4v) is 3.52. The molecule has 1 saturated heterocycles. The molecule has 148 valence electrons. The highest BCUT2D eigenvalue weighted by Crippen LogP contribution is 2.18. The Bertz CT molecular complexity index is 956.